The molecule has 4 heterocycles. The summed E-state index contributed by atoms with van der Waals surface area (Å²) in [7, 11) is -3.03. The first kappa shape index (κ1) is 40.0. The van der Waals surface area contributed by atoms with Crippen LogP contribution in [0.15, 0.2) is 261 Å². The van der Waals surface area contributed by atoms with Crippen molar-refractivity contribution in [2.24, 2.45) is 0 Å². The summed E-state index contributed by atoms with van der Waals surface area (Å²) in [6, 6.07) is 95.0. The number of rotatable bonds is 8. The first-order valence-electron chi connectivity index (χ1n) is 23.9. The van der Waals surface area contributed by atoms with Crippen molar-refractivity contribution < 1.29 is 0 Å². The lowest BCUT2D eigenvalue weighted by Gasteiger charge is -2.35. The fourth-order valence-corrected chi connectivity index (χ4v) is 16.3. The lowest BCUT2D eigenvalue weighted by Crippen LogP contribution is -2.74. The van der Waals surface area contributed by atoms with Crippen LogP contribution in [-0.2, 0) is 0 Å². The van der Waals surface area contributed by atoms with Crippen molar-refractivity contribution in [1.29, 1.82) is 0 Å². The molecule has 328 valence electrons. The van der Waals surface area contributed by atoms with E-state index in [0.29, 0.717) is 5.82 Å². The number of para-hydroxylation sites is 6. The largest absolute Gasteiger partial charge is 0.309 e. The van der Waals surface area contributed by atoms with Crippen LogP contribution in [0.1, 0.15) is 0 Å². The number of hydrogen-bond donors (Lipinski definition) is 0. The summed E-state index contributed by atoms with van der Waals surface area (Å²) in [6.07, 6.45) is 0. The van der Waals surface area contributed by atoms with Gasteiger partial charge in [0.15, 0.2) is 13.9 Å². The van der Waals surface area contributed by atoms with Crippen LogP contribution in [0.4, 0.5) is 0 Å². The topological polar surface area (TPSA) is 40.6 Å². The van der Waals surface area contributed by atoms with E-state index in [0.717, 1.165) is 56.0 Å². The fraction of sp³-hybridized carbons (Fsp3) is 0. The Labute approximate surface area is 405 Å². The molecule has 70 heavy (non-hydrogen) atoms. The molecule has 0 aliphatic carbocycles. The normalized spacial score (nSPS) is 12.0. The molecule has 5 nitrogen and oxygen atoms in total. The zero-order valence-electron chi connectivity index (χ0n) is 38.1. The van der Waals surface area contributed by atoms with Crippen LogP contribution in [0.2, 0.25) is 0 Å². The molecule has 14 aromatic rings. The zero-order chi connectivity index (χ0) is 46.2. The van der Waals surface area contributed by atoms with E-state index in [-0.39, 0.29) is 0 Å². The molecule has 0 N–H and O–H groups in total. The number of aromatic nitrogens is 5. The summed E-state index contributed by atoms with van der Waals surface area (Å²) >= 11 is 0. The highest BCUT2D eigenvalue weighted by molar-refractivity contribution is 7.20. The Kier molecular flexibility index (Phi) is 9.15. The minimum atomic E-state index is -3.03. The first-order valence-corrected chi connectivity index (χ1v) is 25.9. The van der Waals surface area contributed by atoms with Gasteiger partial charge < -0.3 is 4.57 Å². The number of hydrogen-bond acceptors (Lipinski definition) is 2. The molecular weight excluding hydrogens is 867 g/mol. The summed E-state index contributed by atoms with van der Waals surface area (Å²) in [5.74, 6) is 2.21. The number of fused-ring (bicyclic) bond motifs is 9. The summed E-state index contributed by atoms with van der Waals surface area (Å²) in [4.78, 5) is 11.7. The van der Waals surface area contributed by atoms with Crippen molar-refractivity contribution in [3.8, 4) is 28.7 Å². The molecule has 0 aliphatic rings. The monoisotopic (exact) mass is 909 g/mol. The second-order valence-corrected chi connectivity index (χ2v) is 21.9. The van der Waals surface area contributed by atoms with E-state index in [2.05, 4.69) is 275 Å². The van der Waals surface area contributed by atoms with Crippen molar-refractivity contribution in [2.75, 3.05) is 0 Å². The lowest BCUT2D eigenvalue weighted by molar-refractivity contribution is 0.991. The van der Waals surface area contributed by atoms with E-state index in [4.69, 9.17) is 9.97 Å². The maximum absolute atomic E-state index is 5.83. The Morgan fingerprint density at radius 3 is 0.900 bits per heavy atom. The van der Waals surface area contributed by atoms with Crippen LogP contribution < -0.4 is 20.7 Å². The van der Waals surface area contributed by atoms with E-state index in [1.807, 2.05) is 0 Å². The molecule has 0 saturated heterocycles. The summed E-state index contributed by atoms with van der Waals surface area (Å²) in [5.41, 5.74) is 8.53. The first-order chi connectivity index (χ1) is 34.8. The molecule has 0 amide bonds. The molecule has 4 aromatic heterocycles. The maximum Gasteiger partial charge on any atom is 0.179 e. The van der Waals surface area contributed by atoms with E-state index < -0.39 is 8.07 Å². The van der Waals surface area contributed by atoms with Crippen molar-refractivity contribution >= 4 is 94.2 Å². The summed E-state index contributed by atoms with van der Waals surface area (Å²) in [6.45, 7) is 0. The maximum atomic E-state index is 5.83. The van der Waals surface area contributed by atoms with E-state index in [9.17, 15) is 0 Å². The van der Waals surface area contributed by atoms with Crippen LogP contribution in [0, 0.1) is 0 Å². The standard InChI is InChI=1S/C64H43N5Si/c1-4-22-44(23-5-1)70(45-24-6-2-7-25-45,46-26-8-3-9-27-46)47-40-41-61(67-55-34-16-10-28-48(55)49-29-11-17-35-56(49)67)54(42-47)64-65-62(68-57-36-18-12-30-50(57)51-31-13-19-37-58(51)68)43-63(66-64)69-59-38-20-14-32-52(59)53-33-15-21-39-60(53)69/h1-43H. The zero-order valence-corrected chi connectivity index (χ0v) is 39.1. The van der Waals surface area contributed by atoms with Crippen LogP contribution >= 0.6 is 0 Å². The van der Waals surface area contributed by atoms with Gasteiger partial charge in [0.2, 0.25) is 0 Å². The van der Waals surface area contributed by atoms with Crippen LogP contribution in [0.5, 0.6) is 0 Å². The van der Waals surface area contributed by atoms with Gasteiger partial charge >= 0.3 is 0 Å². The van der Waals surface area contributed by atoms with E-state index in [1.54, 1.807) is 0 Å². The van der Waals surface area contributed by atoms with Crippen molar-refractivity contribution in [1.82, 2.24) is 23.7 Å². The van der Waals surface area contributed by atoms with Gasteiger partial charge in [-0.3, -0.25) is 9.13 Å². The minimum Gasteiger partial charge on any atom is -0.309 e. The fourth-order valence-electron chi connectivity index (χ4n) is 11.5. The molecule has 14 rings (SSSR count). The van der Waals surface area contributed by atoms with Gasteiger partial charge in [-0.15, -0.1) is 0 Å². The van der Waals surface area contributed by atoms with Gasteiger partial charge in [-0.2, -0.15) is 0 Å². The SMILES string of the molecule is c1ccc([Si](c2ccccc2)(c2ccccc2)c2ccc(-n3c4ccccc4c4ccccc43)c(-c3nc(-n4c5ccccc5c5ccccc54)cc(-n4c5ccccc5c5ccccc54)n3)c2)cc1. The molecule has 0 spiro atoms. The lowest BCUT2D eigenvalue weighted by atomic mass is 10.1. The summed E-state index contributed by atoms with van der Waals surface area (Å²) < 4.78 is 7.08. The average molecular weight is 910 g/mol. The number of benzene rings is 10. The number of nitrogens with zero attached hydrogens (tertiary/aromatic N) is 5. The second-order valence-electron chi connectivity index (χ2n) is 18.1. The molecule has 10 aromatic carbocycles. The van der Waals surface area contributed by atoms with Crippen molar-refractivity contribution in [3.63, 3.8) is 0 Å². The third-order valence-corrected chi connectivity index (χ3v) is 19.2. The highest BCUT2D eigenvalue weighted by Gasteiger charge is 2.42. The smallest absolute Gasteiger partial charge is 0.179 e. The molecule has 0 saturated carbocycles. The third-order valence-electron chi connectivity index (χ3n) is 14.4. The van der Waals surface area contributed by atoms with Gasteiger partial charge in [-0.05, 0) is 69.3 Å². The quantitative estimate of drug-likeness (QED) is 0.113. The van der Waals surface area contributed by atoms with Crippen molar-refractivity contribution in [2.45, 2.75) is 0 Å². The molecule has 6 heteroatoms. The molecule has 0 bridgehead atoms. The molecular formula is C64H43N5Si. The predicted octanol–water partition coefficient (Wildman–Crippen LogP) is 12.8. The second kappa shape index (κ2) is 16.0. The predicted molar refractivity (Wildman–Crippen MR) is 294 cm³/mol. The summed E-state index contributed by atoms with van der Waals surface area (Å²) in [5, 5.41) is 12.2. The van der Waals surface area contributed by atoms with Gasteiger partial charge in [0.25, 0.3) is 0 Å². The van der Waals surface area contributed by atoms with Crippen molar-refractivity contribution in [3.05, 3.63) is 261 Å². The molecule has 0 fully saturated rings. The van der Waals surface area contributed by atoms with Crippen LogP contribution in [0.25, 0.3) is 94.1 Å². The Hall–Kier alpha value is -9.10. The Morgan fingerprint density at radius 1 is 0.257 bits per heavy atom. The van der Waals surface area contributed by atoms with E-state index in [1.165, 1.54) is 53.1 Å². The average Bonchev–Trinajstić information content (AvgIpc) is 4.08. The van der Waals surface area contributed by atoms with Crippen LogP contribution in [0.3, 0.4) is 0 Å². The van der Waals surface area contributed by atoms with Crippen LogP contribution in [-0.4, -0.2) is 31.7 Å². The third kappa shape index (κ3) is 5.97. The van der Waals surface area contributed by atoms with Gasteiger partial charge in [-0.25, -0.2) is 9.97 Å². The highest BCUT2D eigenvalue weighted by atomic mass is 28.3. The Balaban J connectivity index is 1.16. The highest BCUT2D eigenvalue weighted by Crippen LogP contribution is 2.39. The molecule has 0 aliphatic heterocycles. The molecule has 0 unspecified atom stereocenters. The van der Waals surface area contributed by atoms with E-state index >= 15 is 0 Å². The Morgan fingerprint density at radius 2 is 0.557 bits per heavy atom. The van der Waals surface area contributed by atoms with Gasteiger partial charge in [0.05, 0.1) is 38.8 Å². The molecule has 0 radical (unpaired) electrons. The Bertz CT molecular complexity index is 3910. The van der Waals surface area contributed by atoms with Gasteiger partial charge in [-0.1, -0.05) is 206 Å². The minimum absolute atomic E-state index is 0.632. The molecule has 0 atom stereocenters. The van der Waals surface area contributed by atoms with Gasteiger partial charge in [0, 0.05) is 43.9 Å². The van der Waals surface area contributed by atoms with Gasteiger partial charge in [0.1, 0.15) is 11.6 Å².